The molecule has 41 heavy (non-hydrogen) atoms. The zero-order valence-corrected chi connectivity index (χ0v) is 25.0. The minimum atomic E-state index is -1.56. The number of hydrogen-bond donors (Lipinski definition) is 6. The normalized spacial score (nSPS) is 25.1. The van der Waals surface area contributed by atoms with Crippen molar-refractivity contribution in [2.45, 2.75) is 134 Å². The molecule has 0 saturated carbocycles. The summed E-state index contributed by atoms with van der Waals surface area (Å²) in [5, 5.41) is 53.3. The topological polar surface area (TPSA) is 149 Å². The van der Waals surface area contributed by atoms with Crippen molar-refractivity contribution >= 4 is 5.91 Å². The maximum atomic E-state index is 12.7. The fraction of sp³-hybridized carbons (Fsp3) is 0.719. The van der Waals surface area contributed by atoms with Gasteiger partial charge in [-0.1, -0.05) is 94.6 Å². The van der Waals surface area contributed by atoms with E-state index < -0.39 is 49.5 Å². The Balaban J connectivity index is 2.54. The zero-order chi connectivity index (χ0) is 30.3. The Morgan fingerprint density at radius 2 is 1.46 bits per heavy atom. The summed E-state index contributed by atoms with van der Waals surface area (Å²) in [7, 11) is 0. The van der Waals surface area contributed by atoms with Crippen LogP contribution in [-0.4, -0.2) is 87.5 Å². The summed E-state index contributed by atoms with van der Waals surface area (Å²) in [4.78, 5) is 12.7. The molecule has 1 heterocycles. The molecule has 0 spiro atoms. The summed E-state index contributed by atoms with van der Waals surface area (Å²) >= 11 is 0. The van der Waals surface area contributed by atoms with Crippen LogP contribution in [0.2, 0.25) is 0 Å². The van der Waals surface area contributed by atoms with E-state index in [0.717, 1.165) is 57.8 Å². The number of carbonyl (C=O) groups excluding carboxylic acids is 1. The summed E-state index contributed by atoms with van der Waals surface area (Å²) in [6.07, 6.45) is 19.0. The standard InChI is InChI=1S/C32H55NO8/c1-3-5-7-9-10-11-12-13-14-15-16-18-20-22-28(36)33-25(26(35)21-19-17-8-6-4-2)24-40-32-31(39)30(38)29(37)27(23-34)41-32/h5,7,10-11,13-14,16,18,25-27,29-32,34-35,37-39H,3-4,6,8-9,12,15,17,19-24H2,1-2H3,(H,33,36)/b7-5-,11-10-,14-13-,18-16-. The number of unbranched alkanes of at least 4 members (excludes halogenated alkanes) is 4. The van der Waals surface area contributed by atoms with Crippen LogP contribution in [0.4, 0.5) is 0 Å². The van der Waals surface area contributed by atoms with E-state index in [1.807, 2.05) is 12.2 Å². The molecule has 1 saturated heterocycles. The molecule has 0 aliphatic carbocycles. The van der Waals surface area contributed by atoms with Crippen molar-refractivity contribution in [2.24, 2.45) is 0 Å². The Morgan fingerprint density at radius 3 is 2.07 bits per heavy atom. The molecule has 1 aliphatic heterocycles. The molecule has 7 atom stereocenters. The molecule has 0 bridgehead atoms. The first-order valence-corrected chi connectivity index (χ1v) is 15.3. The van der Waals surface area contributed by atoms with Gasteiger partial charge in [0.2, 0.25) is 5.91 Å². The SMILES string of the molecule is CC/C=C\C/C=C\C/C=C\C/C=C\CCC(=O)NC(COC1OC(CO)C(O)C(O)C1O)C(O)CCCCCCC. The van der Waals surface area contributed by atoms with Crippen LogP contribution < -0.4 is 5.32 Å². The van der Waals surface area contributed by atoms with Crippen molar-refractivity contribution in [2.75, 3.05) is 13.2 Å². The maximum absolute atomic E-state index is 12.7. The van der Waals surface area contributed by atoms with Crippen molar-refractivity contribution in [3.05, 3.63) is 48.6 Å². The second kappa shape index (κ2) is 23.7. The average Bonchev–Trinajstić information content (AvgIpc) is 2.97. The molecule has 0 radical (unpaired) electrons. The third kappa shape index (κ3) is 16.4. The Labute approximate surface area is 246 Å². The Kier molecular flexibility index (Phi) is 21.5. The van der Waals surface area contributed by atoms with Gasteiger partial charge in [0.25, 0.3) is 0 Å². The number of aliphatic hydroxyl groups is 5. The van der Waals surface area contributed by atoms with Crippen molar-refractivity contribution in [1.29, 1.82) is 0 Å². The number of ether oxygens (including phenoxy) is 2. The molecule has 1 aliphatic rings. The zero-order valence-electron chi connectivity index (χ0n) is 25.0. The number of nitrogens with one attached hydrogen (secondary N) is 1. The number of allylic oxidation sites excluding steroid dienone is 8. The van der Waals surface area contributed by atoms with Gasteiger partial charge in [0.05, 0.1) is 25.4 Å². The molecule has 7 unspecified atom stereocenters. The number of rotatable bonds is 22. The number of aliphatic hydroxyl groups excluding tert-OH is 5. The van der Waals surface area contributed by atoms with Crippen molar-refractivity contribution < 1.29 is 39.8 Å². The highest BCUT2D eigenvalue weighted by Crippen LogP contribution is 2.22. The summed E-state index contributed by atoms with van der Waals surface area (Å²) in [5.41, 5.74) is 0. The molecule has 1 fully saturated rings. The van der Waals surface area contributed by atoms with Crippen molar-refractivity contribution in [3.63, 3.8) is 0 Å². The van der Waals surface area contributed by atoms with Crippen molar-refractivity contribution in [3.8, 4) is 0 Å². The van der Waals surface area contributed by atoms with E-state index in [1.165, 1.54) is 0 Å². The summed E-state index contributed by atoms with van der Waals surface area (Å²) in [6.45, 7) is 3.51. The van der Waals surface area contributed by atoms with Gasteiger partial charge >= 0.3 is 0 Å². The molecule has 1 amide bonds. The first kappa shape index (κ1) is 37.2. The average molecular weight is 582 g/mol. The van der Waals surface area contributed by atoms with E-state index in [2.05, 4.69) is 55.6 Å². The second-order valence-corrected chi connectivity index (χ2v) is 10.5. The van der Waals surface area contributed by atoms with E-state index in [4.69, 9.17) is 9.47 Å². The van der Waals surface area contributed by atoms with Gasteiger partial charge in [-0.2, -0.15) is 0 Å². The van der Waals surface area contributed by atoms with Crippen LogP contribution in [0.25, 0.3) is 0 Å². The molecule has 0 aromatic rings. The van der Waals surface area contributed by atoms with Gasteiger partial charge in [-0.25, -0.2) is 0 Å². The van der Waals surface area contributed by atoms with E-state index in [1.54, 1.807) is 0 Å². The molecule has 9 heteroatoms. The van der Waals surface area contributed by atoms with Gasteiger partial charge in [-0.05, 0) is 38.5 Å². The molecule has 0 aromatic carbocycles. The molecule has 236 valence electrons. The molecular weight excluding hydrogens is 526 g/mol. The molecular formula is C32H55NO8. The van der Waals surface area contributed by atoms with Crippen molar-refractivity contribution in [1.82, 2.24) is 5.32 Å². The minimum Gasteiger partial charge on any atom is -0.394 e. The first-order chi connectivity index (χ1) is 19.8. The minimum absolute atomic E-state index is 0.172. The molecule has 0 aromatic heterocycles. The van der Waals surface area contributed by atoms with Crippen LogP contribution in [0.5, 0.6) is 0 Å². The van der Waals surface area contributed by atoms with Crippen LogP contribution in [0, 0.1) is 0 Å². The van der Waals surface area contributed by atoms with E-state index in [0.29, 0.717) is 12.8 Å². The predicted molar refractivity (Wildman–Crippen MR) is 161 cm³/mol. The van der Waals surface area contributed by atoms with Crippen LogP contribution in [0.1, 0.15) is 90.9 Å². The first-order valence-electron chi connectivity index (χ1n) is 15.3. The molecule has 6 N–H and O–H groups in total. The van der Waals surface area contributed by atoms with E-state index in [9.17, 15) is 30.3 Å². The summed E-state index contributed by atoms with van der Waals surface area (Å²) in [6, 6.07) is -0.751. The Bertz CT molecular complexity index is 782. The van der Waals surface area contributed by atoms with Gasteiger partial charge in [0, 0.05) is 6.42 Å². The monoisotopic (exact) mass is 581 g/mol. The summed E-state index contributed by atoms with van der Waals surface area (Å²) < 4.78 is 11.0. The maximum Gasteiger partial charge on any atom is 0.220 e. The molecule has 1 rings (SSSR count). The van der Waals surface area contributed by atoms with Crippen LogP contribution in [-0.2, 0) is 14.3 Å². The van der Waals surface area contributed by atoms with Crippen LogP contribution in [0.15, 0.2) is 48.6 Å². The van der Waals surface area contributed by atoms with Crippen LogP contribution in [0.3, 0.4) is 0 Å². The quantitative estimate of drug-likeness (QED) is 0.0839. The van der Waals surface area contributed by atoms with Gasteiger partial charge in [0.15, 0.2) is 6.29 Å². The highest BCUT2D eigenvalue weighted by molar-refractivity contribution is 5.76. The largest absolute Gasteiger partial charge is 0.394 e. The molecule has 9 nitrogen and oxygen atoms in total. The summed E-state index contributed by atoms with van der Waals surface area (Å²) in [5.74, 6) is -0.236. The lowest BCUT2D eigenvalue weighted by Crippen LogP contribution is -2.60. The van der Waals surface area contributed by atoms with Gasteiger partial charge < -0.3 is 40.3 Å². The fourth-order valence-electron chi connectivity index (χ4n) is 4.40. The predicted octanol–water partition coefficient (Wildman–Crippen LogP) is 3.59. The highest BCUT2D eigenvalue weighted by atomic mass is 16.7. The number of hydrogen-bond acceptors (Lipinski definition) is 8. The third-order valence-corrected chi connectivity index (χ3v) is 6.96. The van der Waals surface area contributed by atoms with Gasteiger partial charge in [-0.3, -0.25) is 4.79 Å². The van der Waals surface area contributed by atoms with Crippen LogP contribution >= 0.6 is 0 Å². The fourth-order valence-corrected chi connectivity index (χ4v) is 4.40. The Morgan fingerprint density at radius 1 is 0.854 bits per heavy atom. The lowest BCUT2D eigenvalue weighted by Gasteiger charge is -2.40. The lowest BCUT2D eigenvalue weighted by atomic mass is 9.99. The third-order valence-electron chi connectivity index (χ3n) is 6.96. The lowest BCUT2D eigenvalue weighted by molar-refractivity contribution is -0.302. The van der Waals surface area contributed by atoms with E-state index >= 15 is 0 Å². The van der Waals surface area contributed by atoms with Gasteiger partial charge in [-0.15, -0.1) is 0 Å². The number of carbonyl (C=O) groups is 1. The highest BCUT2D eigenvalue weighted by Gasteiger charge is 2.44. The number of amides is 1. The van der Waals surface area contributed by atoms with E-state index in [-0.39, 0.29) is 18.9 Å². The second-order valence-electron chi connectivity index (χ2n) is 10.5. The smallest absolute Gasteiger partial charge is 0.220 e. The Hall–Kier alpha value is -1.85. The van der Waals surface area contributed by atoms with Gasteiger partial charge in [0.1, 0.15) is 24.4 Å².